The molecule has 0 bridgehead atoms. The molecule has 0 atom stereocenters. The van der Waals surface area contributed by atoms with Gasteiger partial charge in [0.05, 0.1) is 19.3 Å². The van der Waals surface area contributed by atoms with E-state index in [1.807, 2.05) is 6.07 Å². The molecule has 0 spiro atoms. The van der Waals surface area contributed by atoms with Gasteiger partial charge < -0.3 is 10.5 Å². The zero-order chi connectivity index (χ0) is 12.5. The van der Waals surface area contributed by atoms with Crippen LogP contribution in [-0.4, -0.2) is 18.1 Å². The highest BCUT2D eigenvalue weighted by Gasteiger charge is 2.04. The smallest absolute Gasteiger partial charge is 0.138 e. The van der Waals surface area contributed by atoms with Gasteiger partial charge in [0.2, 0.25) is 0 Å². The molecule has 0 aromatic carbocycles. The van der Waals surface area contributed by atoms with E-state index in [0.29, 0.717) is 12.5 Å². The van der Waals surface area contributed by atoms with Crippen LogP contribution in [-0.2, 0) is 0 Å². The Morgan fingerprint density at radius 3 is 2.76 bits per heavy atom. The Hall–Kier alpha value is -1.53. The largest absolute Gasteiger partial charge is 0.492 e. The molecule has 3 nitrogen and oxygen atoms in total. The second-order valence-corrected chi connectivity index (χ2v) is 3.91. The first-order valence-corrected chi connectivity index (χ1v) is 6.06. The molecule has 0 amide bonds. The Balaban J connectivity index is 2.59. The molecular formula is C14H20N2O. The van der Waals surface area contributed by atoms with Crippen LogP contribution in [0, 0.1) is 17.8 Å². The maximum absolute atomic E-state index is 5.71. The second kappa shape index (κ2) is 7.70. The molecule has 0 radical (unpaired) electrons. The first-order valence-electron chi connectivity index (χ1n) is 6.06. The van der Waals surface area contributed by atoms with Crippen LogP contribution in [0.4, 0.5) is 0 Å². The molecule has 0 saturated heterocycles. The van der Waals surface area contributed by atoms with E-state index in [0.717, 1.165) is 30.8 Å². The van der Waals surface area contributed by atoms with Gasteiger partial charge in [-0.25, -0.2) is 0 Å². The third kappa shape index (κ3) is 4.88. The van der Waals surface area contributed by atoms with Gasteiger partial charge in [-0.1, -0.05) is 38.5 Å². The predicted molar refractivity (Wildman–Crippen MR) is 69.7 cm³/mol. The maximum Gasteiger partial charge on any atom is 0.138 e. The number of hydrogen-bond donors (Lipinski definition) is 1. The van der Waals surface area contributed by atoms with Crippen molar-refractivity contribution in [2.75, 3.05) is 13.2 Å². The number of aromatic nitrogens is 1. The summed E-state index contributed by atoms with van der Waals surface area (Å²) in [5, 5.41) is 0. The van der Waals surface area contributed by atoms with Gasteiger partial charge >= 0.3 is 0 Å². The summed E-state index contributed by atoms with van der Waals surface area (Å²) in [5.74, 6) is 7.13. The SMILES string of the molecule is CCC(CC)COc1cncc(C#CCN)c1. The van der Waals surface area contributed by atoms with Crippen LogP contribution in [0.1, 0.15) is 32.3 Å². The summed E-state index contributed by atoms with van der Waals surface area (Å²) >= 11 is 0. The Morgan fingerprint density at radius 1 is 1.35 bits per heavy atom. The number of nitrogens with two attached hydrogens (primary N) is 1. The molecule has 0 unspecified atom stereocenters. The van der Waals surface area contributed by atoms with Crippen LogP contribution in [0.2, 0.25) is 0 Å². The van der Waals surface area contributed by atoms with E-state index in [1.165, 1.54) is 0 Å². The van der Waals surface area contributed by atoms with Gasteiger partial charge in [-0.2, -0.15) is 0 Å². The molecule has 2 N–H and O–H groups in total. The van der Waals surface area contributed by atoms with Gasteiger partial charge in [0.15, 0.2) is 0 Å². The number of nitrogens with zero attached hydrogens (tertiary/aromatic N) is 1. The molecule has 1 aromatic rings. The summed E-state index contributed by atoms with van der Waals surface area (Å²) in [4.78, 5) is 4.10. The van der Waals surface area contributed by atoms with Crippen molar-refractivity contribution in [2.45, 2.75) is 26.7 Å². The van der Waals surface area contributed by atoms with E-state index >= 15 is 0 Å². The lowest BCUT2D eigenvalue weighted by Crippen LogP contribution is -2.10. The molecule has 3 heteroatoms. The third-order valence-electron chi connectivity index (χ3n) is 2.69. The molecule has 92 valence electrons. The first-order chi connectivity index (χ1) is 8.30. The molecule has 0 saturated carbocycles. The lowest BCUT2D eigenvalue weighted by atomic mass is 10.1. The minimum Gasteiger partial charge on any atom is -0.492 e. The van der Waals surface area contributed by atoms with Crippen molar-refractivity contribution in [1.82, 2.24) is 4.98 Å². The summed E-state index contributed by atoms with van der Waals surface area (Å²) in [6.07, 6.45) is 5.70. The van der Waals surface area contributed by atoms with Gasteiger partial charge in [0, 0.05) is 11.8 Å². The number of rotatable bonds is 5. The minimum absolute atomic E-state index is 0.360. The van der Waals surface area contributed by atoms with E-state index in [9.17, 15) is 0 Å². The highest BCUT2D eigenvalue weighted by molar-refractivity contribution is 5.36. The lowest BCUT2D eigenvalue weighted by molar-refractivity contribution is 0.240. The Bertz CT molecular complexity index is 389. The van der Waals surface area contributed by atoms with Crippen LogP contribution in [0.15, 0.2) is 18.5 Å². The van der Waals surface area contributed by atoms with Crippen LogP contribution < -0.4 is 10.5 Å². The molecule has 1 heterocycles. The zero-order valence-electron chi connectivity index (χ0n) is 10.6. The van der Waals surface area contributed by atoms with Crippen LogP contribution in [0.25, 0.3) is 0 Å². The van der Waals surface area contributed by atoms with Gasteiger partial charge in [-0.15, -0.1) is 0 Å². The quantitative estimate of drug-likeness (QED) is 0.792. The van der Waals surface area contributed by atoms with E-state index in [2.05, 4.69) is 30.7 Å². The van der Waals surface area contributed by atoms with E-state index in [4.69, 9.17) is 10.5 Å². The number of pyridine rings is 1. The van der Waals surface area contributed by atoms with Gasteiger partial charge in [-0.05, 0) is 12.0 Å². The molecule has 0 fully saturated rings. The summed E-state index contributed by atoms with van der Waals surface area (Å²) in [6, 6.07) is 1.90. The fraction of sp³-hybridized carbons (Fsp3) is 0.500. The summed E-state index contributed by atoms with van der Waals surface area (Å²) in [5.41, 5.74) is 6.17. The summed E-state index contributed by atoms with van der Waals surface area (Å²) < 4.78 is 5.71. The topological polar surface area (TPSA) is 48.1 Å². The Morgan fingerprint density at radius 2 is 2.12 bits per heavy atom. The van der Waals surface area contributed by atoms with E-state index in [-0.39, 0.29) is 0 Å². The maximum atomic E-state index is 5.71. The monoisotopic (exact) mass is 232 g/mol. The van der Waals surface area contributed by atoms with Crippen LogP contribution in [0.5, 0.6) is 5.75 Å². The average Bonchev–Trinajstić information content (AvgIpc) is 2.38. The molecule has 1 rings (SSSR count). The second-order valence-electron chi connectivity index (χ2n) is 3.91. The molecule has 0 aliphatic carbocycles. The Kier molecular flexibility index (Phi) is 6.13. The highest BCUT2D eigenvalue weighted by atomic mass is 16.5. The molecule has 0 aliphatic rings. The van der Waals surface area contributed by atoms with Crippen molar-refractivity contribution in [1.29, 1.82) is 0 Å². The number of ether oxygens (including phenoxy) is 1. The van der Waals surface area contributed by atoms with Crippen molar-refractivity contribution in [2.24, 2.45) is 11.7 Å². The summed E-state index contributed by atoms with van der Waals surface area (Å²) in [6.45, 7) is 5.46. The van der Waals surface area contributed by atoms with Crippen molar-refractivity contribution >= 4 is 0 Å². The average molecular weight is 232 g/mol. The van der Waals surface area contributed by atoms with Gasteiger partial charge in [0.25, 0.3) is 0 Å². The predicted octanol–water partition coefficient (Wildman–Crippen LogP) is 2.21. The highest BCUT2D eigenvalue weighted by Crippen LogP contribution is 2.14. The van der Waals surface area contributed by atoms with Crippen molar-refractivity contribution in [3.63, 3.8) is 0 Å². The Labute approximate surface area is 103 Å². The van der Waals surface area contributed by atoms with Crippen LogP contribution >= 0.6 is 0 Å². The minimum atomic E-state index is 0.360. The first kappa shape index (κ1) is 13.5. The van der Waals surface area contributed by atoms with Crippen molar-refractivity contribution in [3.05, 3.63) is 24.0 Å². The van der Waals surface area contributed by atoms with Gasteiger partial charge in [-0.3, -0.25) is 4.98 Å². The van der Waals surface area contributed by atoms with Gasteiger partial charge in [0.1, 0.15) is 5.75 Å². The molecular weight excluding hydrogens is 212 g/mol. The summed E-state index contributed by atoms with van der Waals surface area (Å²) in [7, 11) is 0. The zero-order valence-corrected chi connectivity index (χ0v) is 10.6. The normalized spacial score (nSPS) is 9.88. The fourth-order valence-corrected chi connectivity index (χ4v) is 1.46. The van der Waals surface area contributed by atoms with Crippen LogP contribution in [0.3, 0.4) is 0 Å². The molecule has 1 aromatic heterocycles. The molecule has 17 heavy (non-hydrogen) atoms. The standard InChI is InChI=1S/C14H20N2O/c1-3-12(4-2)11-17-14-8-13(6-5-7-15)9-16-10-14/h8-10,12H,3-4,7,11,15H2,1-2H3. The lowest BCUT2D eigenvalue weighted by Gasteiger charge is -2.13. The van der Waals surface area contributed by atoms with Crippen molar-refractivity contribution < 1.29 is 4.74 Å². The van der Waals surface area contributed by atoms with Crippen molar-refractivity contribution in [3.8, 4) is 17.6 Å². The van der Waals surface area contributed by atoms with E-state index in [1.54, 1.807) is 12.4 Å². The third-order valence-corrected chi connectivity index (χ3v) is 2.69. The fourth-order valence-electron chi connectivity index (χ4n) is 1.46. The number of hydrogen-bond acceptors (Lipinski definition) is 3. The van der Waals surface area contributed by atoms with E-state index < -0.39 is 0 Å². The molecule has 0 aliphatic heterocycles.